The van der Waals surface area contributed by atoms with Crippen LogP contribution in [0.4, 0.5) is 52.7 Å². The van der Waals surface area contributed by atoms with Gasteiger partial charge in [-0.05, 0) is 139 Å². The molecule has 0 saturated carbocycles. The van der Waals surface area contributed by atoms with Crippen LogP contribution in [0.15, 0.2) is 84.9 Å². The number of aliphatic carboxylic acids is 1. The molecular weight excluding hydrogens is 876 g/mol. The summed E-state index contributed by atoms with van der Waals surface area (Å²) in [7, 11) is 0. The second-order valence-corrected chi connectivity index (χ2v) is 14.9. The van der Waals surface area contributed by atoms with E-state index >= 15 is 0 Å². The summed E-state index contributed by atoms with van der Waals surface area (Å²) >= 11 is 0. The fraction of sp³-hybridized carbons (Fsp3) is 0.348. The van der Waals surface area contributed by atoms with Crippen molar-refractivity contribution >= 4 is 24.1 Å². The van der Waals surface area contributed by atoms with Crippen LogP contribution < -0.4 is 0 Å². The molecule has 2 aliphatic carbocycles. The van der Waals surface area contributed by atoms with Gasteiger partial charge in [0, 0.05) is 12.2 Å². The maximum absolute atomic E-state index is 13.1. The van der Waals surface area contributed by atoms with Crippen molar-refractivity contribution in [3.05, 3.63) is 152 Å². The Morgan fingerprint density at radius 2 is 0.953 bits per heavy atom. The molecule has 2 unspecified atom stereocenters. The number of benzene rings is 4. The van der Waals surface area contributed by atoms with Crippen molar-refractivity contribution in [3.63, 3.8) is 0 Å². The van der Waals surface area contributed by atoms with E-state index in [0.29, 0.717) is 49.1 Å². The van der Waals surface area contributed by atoms with Crippen LogP contribution in [0.5, 0.6) is 0 Å². The first-order valence-electron chi connectivity index (χ1n) is 19.7. The van der Waals surface area contributed by atoms with Crippen molar-refractivity contribution < 1.29 is 81.6 Å². The van der Waals surface area contributed by atoms with Gasteiger partial charge in [-0.2, -0.15) is 52.7 Å². The largest absolute Gasteiger partial charge is 0.478 e. The molecule has 0 saturated heterocycles. The van der Waals surface area contributed by atoms with E-state index in [1.807, 2.05) is 6.07 Å². The highest BCUT2D eigenvalue weighted by molar-refractivity contribution is 5.87. The number of carbonyl (C=O) groups excluding carboxylic acids is 1. The standard InChI is InChI=1S/C24H22F6O3.C22H18F6O3/c1-2-32-22(31)9-7-15-6-8-20-17(10-15)4-3-5-21(20)33-14-16-11-18(23(25,26)27)13-19(12-16)24(28,29)30;23-21(24,25)16-9-14(10-17(11-16)22(26,27)28)12-31-19-3-1-2-15-8-13(4-6-18(15)19)5-7-20(29)30/h6-13,21H,2-5,14H2,1H3;4-11,19H,1-3,12H2,(H,29,30)/b9-7+;7-5+. The summed E-state index contributed by atoms with van der Waals surface area (Å²) < 4.78 is 173. The van der Waals surface area contributed by atoms with Crippen molar-refractivity contribution in [2.24, 2.45) is 0 Å². The van der Waals surface area contributed by atoms with Crippen LogP contribution in [-0.2, 0) is 74.6 Å². The Hall–Kier alpha value is -5.62. The van der Waals surface area contributed by atoms with Gasteiger partial charge >= 0.3 is 36.6 Å². The Morgan fingerprint density at radius 1 is 0.578 bits per heavy atom. The van der Waals surface area contributed by atoms with Gasteiger partial charge in [0.2, 0.25) is 0 Å². The SMILES string of the molecule is CCOC(=O)/C=C/c1ccc2c(c1)CCCC2OCc1cc(C(F)(F)F)cc(C(F)(F)F)c1.O=C(O)/C=C/c1ccc2c(c1)CCCC2OCc1cc(C(F)(F)F)cc(C(F)(F)F)c1. The monoisotopic (exact) mass is 916 g/mol. The summed E-state index contributed by atoms with van der Waals surface area (Å²) in [5.41, 5.74) is -0.950. The van der Waals surface area contributed by atoms with E-state index in [9.17, 15) is 62.3 Å². The quantitative estimate of drug-likeness (QED) is 0.0917. The molecule has 0 amide bonds. The van der Waals surface area contributed by atoms with E-state index in [1.54, 1.807) is 43.3 Å². The minimum Gasteiger partial charge on any atom is -0.478 e. The Labute approximate surface area is 359 Å². The molecule has 344 valence electrons. The number of rotatable bonds is 11. The van der Waals surface area contributed by atoms with E-state index in [2.05, 4.69) is 0 Å². The van der Waals surface area contributed by atoms with Gasteiger partial charge in [-0.15, -0.1) is 0 Å². The van der Waals surface area contributed by atoms with Crippen LogP contribution in [0.25, 0.3) is 12.2 Å². The van der Waals surface area contributed by atoms with Crippen molar-refractivity contribution in [2.75, 3.05) is 6.61 Å². The van der Waals surface area contributed by atoms with Crippen LogP contribution in [-0.4, -0.2) is 23.7 Å². The van der Waals surface area contributed by atoms with Crippen LogP contribution in [0.3, 0.4) is 0 Å². The van der Waals surface area contributed by atoms with E-state index in [1.165, 1.54) is 12.2 Å². The predicted octanol–water partition coefficient (Wildman–Crippen LogP) is 13.3. The number of aryl methyl sites for hydroxylation is 2. The Bertz CT molecular complexity index is 2280. The summed E-state index contributed by atoms with van der Waals surface area (Å²) in [5.74, 6) is -1.55. The highest BCUT2D eigenvalue weighted by Gasteiger charge is 2.38. The molecule has 0 radical (unpaired) electrons. The fourth-order valence-corrected chi connectivity index (χ4v) is 7.25. The molecule has 4 aromatic carbocycles. The van der Waals surface area contributed by atoms with Gasteiger partial charge in [0.15, 0.2) is 0 Å². The molecule has 18 heteroatoms. The Balaban J connectivity index is 0.000000241. The molecule has 0 aromatic heterocycles. The third-order valence-electron chi connectivity index (χ3n) is 10.2. The molecular formula is C46H40F12O6. The number of fused-ring (bicyclic) bond motifs is 2. The average Bonchev–Trinajstić information content (AvgIpc) is 3.22. The predicted molar refractivity (Wildman–Crippen MR) is 209 cm³/mol. The van der Waals surface area contributed by atoms with Crippen molar-refractivity contribution in [3.8, 4) is 0 Å². The molecule has 4 aromatic rings. The second kappa shape index (κ2) is 20.5. The molecule has 0 bridgehead atoms. The molecule has 2 atom stereocenters. The lowest BCUT2D eigenvalue weighted by Gasteiger charge is -2.26. The van der Waals surface area contributed by atoms with Gasteiger partial charge in [-0.1, -0.05) is 36.4 Å². The van der Waals surface area contributed by atoms with E-state index in [0.717, 1.165) is 53.2 Å². The summed E-state index contributed by atoms with van der Waals surface area (Å²) in [6.07, 6.45) is -11.1. The number of carboxylic acid groups (broad SMARTS) is 1. The lowest BCUT2D eigenvalue weighted by atomic mass is 9.88. The van der Waals surface area contributed by atoms with E-state index < -0.39 is 77.7 Å². The second-order valence-electron chi connectivity index (χ2n) is 14.9. The molecule has 2 aliphatic rings. The number of carbonyl (C=O) groups is 2. The number of ether oxygens (including phenoxy) is 3. The Morgan fingerprint density at radius 3 is 1.30 bits per heavy atom. The van der Waals surface area contributed by atoms with Gasteiger partial charge in [0.25, 0.3) is 0 Å². The van der Waals surface area contributed by atoms with Crippen molar-refractivity contribution in [2.45, 2.75) is 95.6 Å². The smallest absolute Gasteiger partial charge is 0.416 e. The first-order valence-corrected chi connectivity index (χ1v) is 19.7. The lowest BCUT2D eigenvalue weighted by molar-refractivity contribution is -0.144. The number of hydrogen-bond acceptors (Lipinski definition) is 5. The van der Waals surface area contributed by atoms with Crippen LogP contribution in [0.1, 0.15) is 112 Å². The number of esters is 1. The maximum Gasteiger partial charge on any atom is 0.416 e. The number of halogens is 12. The Kier molecular flexibility index (Phi) is 15.8. The van der Waals surface area contributed by atoms with Gasteiger partial charge in [0.05, 0.1) is 54.3 Å². The molecule has 0 spiro atoms. The van der Waals surface area contributed by atoms with Crippen molar-refractivity contribution in [1.29, 1.82) is 0 Å². The molecule has 6 rings (SSSR count). The molecule has 0 heterocycles. The first kappa shape index (κ1) is 49.4. The van der Waals surface area contributed by atoms with Crippen molar-refractivity contribution in [1.82, 2.24) is 0 Å². The van der Waals surface area contributed by atoms with E-state index in [-0.39, 0.29) is 36.5 Å². The van der Waals surface area contributed by atoms with Gasteiger partial charge in [-0.25, -0.2) is 9.59 Å². The van der Waals surface area contributed by atoms with Crippen LogP contribution in [0, 0.1) is 0 Å². The molecule has 0 aliphatic heterocycles. The molecule has 0 fully saturated rings. The van der Waals surface area contributed by atoms with Crippen LogP contribution in [0.2, 0.25) is 0 Å². The number of alkyl halides is 12. The number of hydrogen-bond donors (Lipinski definition) is 1. The van der Waals surface area contributed by atoms with Gasteiger partial charge in [-0.3, -0.25) is 0 Å². The third-order valence-corrected chi connectivity index (χ3v) is 10.2. The lowest BCUT2D eigenvalue weighted by Crippen LogP contribution is -2.15. The third kappa shape index (κ3) is 13.9. The minimum absolute atomic E-state index is 0.0889. The summed E-state index contributed by atoms with van der Waals surface area (Å²) in [6, 6.07) is 13.6. The zero-order valence-electron chi connectivity index (χ0n) is 33.8. The fourth-order valence-electron chi connectivity index (χ4n) is 7.25. The van der Waals surface area contributed by atoms with Gasteiger partial charge in [0.1, 0.15) is 0 Å². The first-order chi connectivity index (χ1) is 29.9. The van der Waals surface area contributed by atoms with Crippen LogP contribution >= 0.6 is 0 Å². The summed E-state index contributed by atoms with van der Waals surface area (Å²) in [4.78, 5) is 22.1. The highest BCUT2D eigenvalue weighted by atomic mass is 19.4. The maximum atomic E-state index is 13.1. The topological polar surface area (TPSA) is 82.1 Å². The highest BCUT2D eigenvalue weighted by Crippen LogP contribution is 2.40. The summed E-state index contributed by atoms with van der Waals surface area (Å²) in [5, 5.41) is 8.73. The zero-order chi connectivity index (χ0) is 47.0. The minimum atomic E-state index is -4.91. The normalized spacial score (nSPS) is 16.8. The van der Waals surface area contributed by atoms with E-state index in [4.69, 9.17) is 19.3 Å². The summed E-state index contributed by atoms with van der Waals surface area (Å²) in [6.45, 7) is 1.18. The van der Waals surface area contributed by atoms with Gasteiger partial charge < -0.3 is 19.3 Å². The number of carboxylic acids is 1. The molecule has 64 heavy (non-hydrogen) atoms. The molecule has 1 N–H and O–H groups in total. The zero-order valence-corrected chi connectivity index (χ0v) is 33.8. The average molecular weight is 917 g/mol. The molecule has 6 nitrogen and oxygen atoms in total.